The van der Waals surface area contributed by atoms with Gasteiger partial charge in [-0.05, 0) is 38.3 Å². The summed E-state index contributed by atoms with van der Waals surface area (Å²) in [7, 11) is 0. The lowest BCUT2D eigenvalue weighted by atomic mass is 10.1. The largest absolute Gasteiger partial charge is 0.481 e. The predicted octanol–water partition coefficient (Wildman–Crippen LogP) is 1.09. The van der Waals surface area contributed by atoms with Gasteiger partial charge < -0.3 is 5.11 Å². The molecule has 88 valence electrons. The van der Waals surface area contributed by atoms with Gasteiger partial charge in [-0.1, -0.05) is 0 Å². The molecule has 2 N–H and O–H groups in total. The number of aliphatic carboxylic acids is 1. The molecular formula is C11H17N3O2. The minimum absolute atomic E-state index is 0.171. The monoisotopic (exact) mass is 223 g/mol. The summed E-state index contributed by atoms with van der Waals surface area (Å²) >= 11 is 0. The molecule has 1 aliphatic heterocycles. The zero-order valence-corrected chi connectivity index (χ0v) is 9.44. The lowest BCUT2D eigenvalue weighted by Crippen LogP contribution is -2.22. The maximum atomic E-state index is 10.5. The van der Waals surface area contributed by atoms with Crippen molar-refractivity contribution < 1.29 is 9.90 Å². The second-order valence-corrected chi connectivity index (χ2v) is 4.21. The van der Waals surface area contributed by atoms with Crippen molar-refractivity contribution in [3.63, 3.8) is 0 Å². The van der Waals surface area contributed by atoms with Crippen molar-refractivity contribution >= 4 is 5.97 Å². The van der Waals surface area contributed by atoms with Crippen LogP contribution in [0.5, 0.6) is 0 Å². The van der Waals surface area contributed by atoms with E-state index in [4.69, 9.17) is 5.11 Å². The molecule has 0 saturated carbocycles. The maximum Gasteiger partial charge on any atom is 0.303 e. The van der Waals surface area contributed by atoms with Crippen LogP contribution in [0.1, 0.15) is 36.7 Å². The van der Waals surface area contributed by atoms with Crippen LogP contribution in [0.2, 0.25) is 0 Å². The molecule has 0 bridgehead atoms. The van der Waals surface area contributed by atoms with Gasteiger partial charge in [-0.25, -0.2) is 0 Å². The smallest absolute Gasteiger partial charge is 0.303 e. The molecule has 1 atom stereocenters. The zero-order chi connectivity index (χ0) is 11.5. The van der Waals surface area contributed by atoms with E-state index in [9.17, 15) is 4.79 Å². The minimum atomic E-state index is -0.758. The molecule has 0 amide bonds. The zero-order valence-electron chi connectivity index (χ0n) is 9.44. The van der Waals surface area contributed by atoms with Gasteiger partial charge in [0.05, 0.1) is 6.20 Å². The fraction of sp³-hybridized carbons (Fsp3) is 0.636. The molecule has 1 aromatic heterocycles. The number of carboxylic acid groups (broad SMARTS) is 1. The molecule has 1 fully saturated rings. The lowest BCUT2D eigenvalue weighted by Gasteiger charge is -2.13. The van der Waals surface area contributed by atoms with E-state index >= 15 is 0 Å². The second kappa shape index (κ2) is 4.65. The highest BCUT2D eigenvalue weighted by Crippen LogP contribution is 2.20. The van der Waals surface area contributed by atoms with E-state index in [-0.39, 0.29) is 6.42 Å². The molecular weight excluding hydrogens is 206 g/mol. The Balaban J connectivity index is 2.07. The Hall–Kier alpha value is -1.36. The molecule has 5 nitrogen and oxygen atoms in total. The molecule has 2 heterocycles. The van der Waals surface area contributed by atoms with Gasteiger partial charge in [0.25, 0.3) is 0 Å². The fourth-order valence-corrected chi connectivity index (χ4v) is 2.14. The maximum absolute atomic E-state index is 10.5. The van der Waals surface area contributed by atoms with E-state index in [1.54, 1.807) is 6.20 Å². The van der Waals surface area contributed by atoms with E-state index < -0.39 is 5.97 Å². The number of aryl methyl sites for hydroxylation is 1. The quantitative estimate of drug-likeness (QED) is 0.801. The van der Waals surface area contributed by atoms with Crippen LogP contribution >= 0.6 is 0 Å². The Morgan fingerprint density at radius 2 is 2.56 bits per heavy atom. The number of carboxylic acids is 1. The molecule has 0 spiro atoms. The molecule has 1 aliphatic rings. The highest BCUT2D eigenvalue weighted by Gasteiger charge is 2.19. The first-order valence-corrected chi connectivity index (χ1v) is 5.66. The van der Waals surface area contributed by atoms with Gasteiger partial charge in [-0.15, -0.1) is 0 Å². The van der Waals surface area contributed by atoms with Gasteiger partial charge in [0.1, 0.15) is 6.17 Å². The van der Waals surface area contributed by atoms with Crippen LogP contribution in [-0.4, -0.2) is 27.4 Å². The molecule has 5 heteroatoms. The Morgan fingerprint density at radius 1 is 1.75 bits per heavy atom. The number of hydrogen-bond acceptors (Lipinski definition) is 3. The number of hydrogen-bond donors (Lipinski definition) is 2. The topological polar surface area (TPSA) is 67.1 Å². The first kappa shape index (κ1) is 11.1. The van der Waals surface area contributed by atoms with Crippen LogP contribution in [0.4, 0.5) is 0 Å². The van der Waals surface area contributed by atoms with Crippen molar-refractivity contribution in [2.24, 2.45) is 0 Å². The second-order valence-electron chi connectivity index (χ2n) is 4.21. The average Bonchev–Trinajstić information content (AvgIpc) is 2.84. The molecule has 0 aliphatic carbocycles. The third kappa shape index (κ3) is 2.24. The van der Waals surface area contributed by atoms with Crippen LogP contribution in [0.15, 0.2) is 6.20 Å². The molecule has 1 unspecified atom stereocenters. The number of nitrogens with zero attached hydrogens (tertiary/aromatic N) is 2. The Labute approximate surface area is 94.5 Å². The van der Waals surface area contributed by atoms with Crippen LogP contribution < -0.4 is 5.32 Å². The van der Waals surface area contributed by atoms with Crippen LogP contribution in [0, 0.1) is 6.92 Å². The van der Waals surface area contributed by atoms with E-state index in [2.05, 4.69) is 10.4 Å². The van der Waals surface area contributed by atoms with Crippen LogP contribution in [0.3, 0.4) is 0 Å². The number of aromatic nitrogens is 2. The Morgan fingerprint density at radius 3 is 3.19 bits per heavy atom. The van der Waals surface area contributed by atoms with Crippen molar-refractivity contribution in [3.05, 3.63) is 17.5 Å². The standard InChI is InChI=1S/C11H17N3O2/c1-8-9(4-5-11(15)16)7-13-14(8)10-3-2-6-12-10/h7,10,12H,2-6H2,1H3,(H,15,16). The number of nitrogens with one attached hydrogen (secondary N) is 1. The molecule has 1 aromatic rings. The normalized spacial score (nSPS) is 20.2. The van der Waals surface area contributed by atoms with Crippen LogP contribution in [0.25, 0.3) is 0 Å². The van der Waals surface area contributed by atoms with Crippen molar-refractivity contribution in [1.29, 1.82) is 0 Å². The van der Waals surface area contributed by atoms with E-state index in [1.807, 2.05) is 11.6 Å². The summed E-state index contributed by atoms with van der Waals surface area (Å²) in [4.78, 5) is 10.5. The number of rotatable bonds is 4. The third-order valence-electron chi connectivity index (χ3n) is 3.08. The summed E-state index contributed by atoms with van der Waals surface area (Å²) in [5.74, 6) is -0.758. The summed E-state index contributed by atoms with van der Waals surface area (Å²) in [6.45, 7) is 3.04. The third-order valence-corrected chi connectivity index (χ3v) is 3.08. The first-order chi connectivity index (χ1) is 7.68. The van der Waals surface area contributed by atoms with Gasteiger partial charge in [0, 0.05) is 12.1 Å². The fourth-order valence-electron chi connectivity index (χ4n) is 2.14. The van der Waals surface area contributed by atoms with E-state index in [0.29, 0.717) is 12.6 Å². The van der Waals surface area contributed by atoms with E-state index in [0.717, 1.165) is 24.2 Å². The summed E-state index contributed by atoms with van der Waals surface area (Å²) in [6.07, 6.45) is 5.09. The van der Waals surface area contributed by atoms with Crippen molar-refractivity contribution in [1.82, 2.24) is 15.1 Å². The molecule has 1 saturated heterocycles. The van der Waals surface area contributed by atoms with Crippen LogP contribution in [-0.2, 0) is 11.2 Å². The van der Waals surface area contributed by atoms with Crippen molar-refractivity contribution in [2.75, 3.05) is 6.54 Å². The summed E-state index contributed by atoms with van der Waals surface area (Å²) < 4.78 is 1.98. The van der Waals surface area contributed by atoms with Gasteiger partial charge in [0.15, 0.2) is 0 Å². The highest BCUT2D eigenvalue weighted by atomic mass is 16.4. The molecule has 2 rings (SSSR count). The summed E-state index contributed by atoms with van der Waals surface area (Å²) in [6, 6.07) is 0. The summed E-state index contributed by atoms with van der Waals surface area (Å²) in [5, 5.41) is 16.4. The summed E-state index contributed by atoms with van der Waals surface area (Å²) in [5.41, 5.74) is 2.12. The molecule has 16 heavy (non-hydrogen) atoms. The molecule has 0 aromatic carbocycles. The predicted molar refractivity (Wildman–Crippen MR) is 59.2 cm³/mol. The van der Waals surface area contributed by atoms with Gasteiger partial charge >= 0.3 is 5.97 Å². The average molecular weight is 223 g/mol. The van der Waals surface area contributed by atoms with Gasteiger partial charge in [0.2, 0.25) is 0 Å². The lowest BCUT2D eigenvalue weighted by molar-refractivity contribution is -0.136. The van der Waals surface area contributed by atoms with Gasteiger partial charge in [-0.3, -0.25) is 14.8 Å². The Kier molecular flexibility index (Phi) is 3.24. The first-order valence-electron chi connectivity index (χ1n) is 5.66. The SMILES string of the molecule is Cc1c(CCC(=O)O)cnn1C1CCCN1. The van der Waals surface area contributed by atoms with Gasteiger partial charge in [-0.2, -0.15) is 5.10 Å². The number of carbonyl (C=O) groups is 1. The van der Waals surface area contributed by atoms with Crippen molar-refractivity contribution in [2.45, 2.75) is 38.8 Å². The van der Waals surface area contributed by atoms with Crippen molar-refractivity contribution in [3.8, 4) is 0 Å². The molecule has 0 radical (unpaired) electrons. The Bertz CT molecular complexity index is 381. The van der Waals surface area contributed by atoms with E-state index in [1.165, 1.54) is 6.42 Å². The minimum Gasteiger partial charge on any atom is -0.481 e. The highest BCUT2D eigenvalue weighted by molar-refractivity contribution is 5.67.